The second-order valence-electron chi connectivity index (χ2n) is 3.60. The molecule has 0 N–H and O–H groups in total. The predicted molar refractivity (Wildman–Crippen MR) is 70.1 cm³/mol. The van der Waals surface area contributed by atoms with Crippen LogP contribution < -0.4 is 0 Å². The monoisotopic (exact) mass is 278 g/mol. The molecule has 1 saturated heterocycles. The van der Waals surface area contributed by atoms with Crippen molar-refractivity contribution in [3.05, 3.63) is 0 Å². The number of hydrogen-bond acceptors (Lipinski definition) is 6. The lowest BCUT2D eigenvalue weighted by Gasteiger charge is -2.33. The molecule has 1 fully saturated rings. The zero-order chi connectivity index (χ0) is 12.7. The van der Waals surface area contributed by atoms with Crippen molar-refractivity contribution in [1.82, 2.24) is 0 Å². The Bertz CT molecular complexity index is 275. The van der Waals surface area contributed by atoms with Crippen LogP contribution >= 0.6 is 23.5 Å². The van der Waals surface area contributed by atoms with E-state index >= 15 is 0 Å². The second-order valence-corrected chi connectivity index (χ2v) is 6.65. The van der Waals surface area contributed by atoms with Gasteiger partial charge in [0.05, 0.1) is 13.7 Å². The lowest BCUT2D eigenvalue weighted by molar-refractivity contribution is -0.144. The minimum Gasteiger partial charge on any atom is -0.469 e. The quantitative estimate of drug-likeness (QED) is 0.718. The van der Waals surface area contributed by atoms with Gasteiger partial charge in [0, 0.05) is 6.42 Å². The number of methoxy groups -OCH3 is 1. The van der Waals surface area contributed by atoms with Crippen LogP contribution in [0.15, 0.2) is 0 Å². The summed E-state index contributed by atoms with van der Waals surface area (Å²) in [6.45, 7) is 2.17. The lowest BCUT2D eigenvalue weighted by atomic mass is 10.2. The SMILES string of the molecule is CCOC(=O)C1(CCC(=O)OC)SCCCS1. The fraction of sp³-hybridized carbons (Fsp3) is 0.818. The zero-order valence-corrected chi connectivity index (χ0v) is 11.8. The Hall–Kier alpha value is -0.360. The minimum absolute atomic E-state index is 0.210. The summed E-state index contributed by atoms with van der Waals surface area (Å²) in [7, 11) is 1.36. The van der Waals surface area contributed by atoms with Crippen LogP contribution in [-0.4, -0.2) is 41.2 Å². The van der Waals surface area contributed by atoms with Gasteiger partial charge in [0.25, 0.3) is 0 Å². The normalized spacial score (nSPS) is 18.5. The number of thioether (sulfide) groups is 2. The maximum absolute atomic E-state index is 12.0. The van der Waals surface area contributed by atoms with Crippen LogP contribution in [0.5, 0.6) is 0 Å². The molecule has 0 bridgehead atoms. The molecular formula is C11H18O4S2. The van der Waals surface area contributed by atoms with Gasteiger partial charge in [-0.1, -0.05) is 0 Å². The molecule has 6 heteroatoms. The van der Waals surface area contributed by atoms with Crippen LogP contribution in [0.25, 0.3) is 0 Å². The van der Waals surface area contributed by atoms with Crippen LogP contribution in [0, 0.1) is 0 Å². The Morgan fingerprint density at radius 3 is 2.47 bits per heavy atom. The molecular weight excluding hydrogens is 260 g/mol. The van der Waals surface area contributed by atoms with Crippen LogP contribution in [-0.2, 0) is 19.1 Å². The van der Waals surface area contributed by atoms with Crippen molar-refractivity contribution in [1.29, 1.82) is 0 Å². The molecule has 1 heterocycles. The van der Waals surface area contributed by atoms with Gasteiger partial charge in [-0.05, 0) is 31.3 Å². The Kier molecular flexibility index (Phi) is 6.19. The van der Waals surface area contributed by atoms with Crippen LogP contribution in [0.3, 0.4) is 0 Å². The molecule has 0 spiro atoms. The molecule has 98 valence electrons. The average molecular weight is 278 g/mol. The molecule has 0 radical (unpaired) electrons. The largest absolute Gasteiger partial charge is 0.469 e. The summed E-state index contributed by atoms with van der Waals surface area (Å²) in [6.07, 6.45) is 1.83. The number of carbonyl (C=O) groups is 2. The topological polar surface area (TPSA) is 52.6 Å². The van der Waals surface area contributed by atoms with Crippen LogP contribution in [0.1, 0.15) is 26.2 Å². The minimum atomic E-state index is -0.609. The smallest absolute Gasteiger partial charge is 0.332 e. The number of rotatable bonds is 5. The van der Waals surface area contributed by atoms with Gasteiger partial charge in [0.2, 0.25) is 0 Å². The molecule has 0 amide bonds. The standard InChI is InChI=1S/C11H18O4S2/c1-3-15-10(13)11(6-5-9(12)14-2)16-7-4-8-17-11/h3-8H2,1-2H3. The maximum Gasteiger partial charge on any atom is 0.332 e. The van der Waals surface area contributed by atoms with E-state index in [9.17, 15) is 9.59 Å². The third-order valence-electron chi connectivity index (χ3n) is 2.43. The molecule has 0 saturated carbocycles. The Balaban J connectivity index is 2.64. The fourth-order valence-corrected chi connectivity index (χ4v) is 4.65. The van der Waals surface area contributed by atoms with Crippen LogP contribution in [0.4, 0.5) is 0 Å². The third-order valence-corrected chi connectivity index (χ3v) is 5.80. The van der Waals surface area contributed by atoms with Crippen molar-refractivity contribution >= 4 is 35.5 Å². The second kappa shape index (κ2) is 7.16. The van der Waals surface area contributed by atoms with Crippen molar-refractivity contribution in [2.45, 2.75) is 30.3 Å². The van der Waals surface area contributed by atoms with E-state index in [-0.39, 0.29) is 18.4 Å². The van der Waals surface area contributed by atoms with Crippen molar-refractivity contribution in [2.75, 3.05) is 25.2 Å². The highest BCUT2D eigenvalue weighted by Gasteiger charge is 2.43. The summed E-state index contributed by atoms with van der Waals surface area (Å²) in [5.41, 5.74) is 0. The van der Waals surface area contributed by atoms with Gasteiger partial charge >= 0.3 is 11.9 Å². The van der Waals surface area contributed by atoms with E-state index in [1.807, 2.05) is 0 Å². The summed E-state index contributed by atoms with van der Waals surface area (Å²) < 4.78 is 9.13. The molecule has 0 atom stereocenters. The van der Waals surface area contributed by atoms with Gasteiger partial charge in [-0.3, -0.25) is 4.79 Å². The Morgan fingerprint density at radius 2 is 1.94 bits per heavy atom. The van der Waals surface area contributed by atoms with Crippen molar-refractivity contribution in [3.8, 4) is 0 Å². The summed E-state index contributed by atoms with van der Waals surface area (Å²) in [6, 6.07) is 0. The highest BCUT2D eigenvalue weighted by atomic mass is 32.2. The van der Waals surface area contributed by atoms with E-state index in [2.05, 4.69) is 4.74 Å². The summed E-state index contributed by atoms with van der Waals surface area (Å²) in [4.78, 5) is 23.2. The first kappa shape index (κ1) is 14.7. The van der Waals surface area contributed by atoms with Gasteiger partial charge in [-0.25, -0.2) is 4.79 Å². The highest BCUT2D eigenvalue weighted by Crippen LogP contribution is 2.46. The first-order chi connectivity index (χ1) is 8.14. The van der Waals surface area contributed by atoms with E-state index < -0.39 is 4.08 Å². The Labute approximate surface area is 110 Å². The average Bonchev–Trinajstić information content (AvgIpc) is 2.37. The van der Waals surface area contributed by atoms with E-state index in [1.54, 1.807) is 30.4 Å². The van der Waals surface area contributed by atoms with Crippen molar-refractivity contribution in [3.63, 3.8) is 0 Å². The molecule has 0 unspecified atom stereocenters. The molecule has 0 aliphatic carbocycles. The summed E-state index contributed by atoms with van der Waals surface area (Å²) in [5.74, 6) is 1.39. The summed E-state index contributed by atoms with van der Waals surface area (Å²) >= 11 is 3.18. The maximum atomic E-state index is 12.0. The van der Waals surface area contributed by atoms with Gasteiger partial charge < -0.3 is 9.47 Å². The molecule has 1 aliphatic rings. The molecule has 1 rings (SSSR count). The number of esters is 2. The van der Waals surface area contributed by atoms with Crippen LogP contribution in [0.2, 0.25) is 0 Å². The fourth-order valence-electron chi connectivity index (χ4n) is 1.55. The highest BCUT2D eigenvalue weighted by molar-refractivity contribution is 8.19. The predicted octanol–water partition coefficient (Wildman–Crippen LogP) is 2.07. The van der Waals surface area contributed by atoms with Gasteiger partial charge in [0.15, 0.2) is 4.08 Å². The Morgan fingerprint density at radius 1 is 1.29 bits per heavy atom. The summed E-state index contributed by atoms with van der Waals surface area (Å²) in [5, 5.41) is 0. The molecule has 17 heavy (non-hydrogen) atoms. The number of carbonyl (C=O) groups excluding carboxylic acids is 2. The molecule has 0 aromatic heterocycles. The van der Waals surface area contributed by atoms with Crippen molar-refractivity contribution in [2.24, 2.45) is 0 Å². The molecule has 1 aliphatic heterocycles. The van der Waals surface area contributed by atoms with Gasteiger partial charge in [-0.2, -0.15) is 0 Å². The molecule has 4 nitrogen and oxygen atoms in total. The lowest BCUT2D eigenvalue weighted by Crippen LogP contribution is -2.37. The van der Waals surface area contributed by atoms with E-state index in [1.165, 1.54) is 7.11 Å². The number of ether oxygens (including phenoxy) is 2. The zero-order valence-electron chi connectivity index (χ0n) is 10.2. The molecule has 0 aromatic rings. The third kappa shape index (κ3) is 4.10. The van der Waals surface area contributed by atoms with E-state index in [0.29, 0.717) is 13.0 Å². The van der Waals surface area contributed by atoms with E-state index in [0.717, 1.165) is 17.9 Å². The first-order valence-corrected chi connectivity index (χ1v) is 7.63. The van der Waals surface area contributed by atoms with Crippen molar-refractivity contribution < 1.29 is 19.1 Å². The van der Waals surface area contributed by atoms with E-state index in [4.69, 9.17) is 4.74 Å². The number of hydrogen-bond donors (Lipinski definition) is 0. The first-order valence-electron chi connectivity index (χ1n) is 5.66. The van der Waals surface area contributed by atoms with Gasteiger partial charge in [0.1, 0.15) is 0 Å². The van der Waals surface area contributed by atoms with Gasteiger partial charge in [-0.15, -0.1) is 23.5 Å². The molecule has 0 aromatic carbocycles.